The van der Waals surface area contributed by atoms with Gasteiger partial charge in [-0.25, -0.2) is 14.6 Å². The smallest absolute Gasteiger partial charge is 0.356 e. The third-order valence-corrected chi connectivity index (χ3v) is 6.58. The second-order valence-corrected chi connectivity index (χ2v) is 9.14. The van der Waals surface area contributed by atoms with Crippen molar-refractivity contribution in [3.8, 4) is 11.5 Å². The number of aromatic carboxylic acids is 1. The molecule has 1 atom stereocenters. The Hall–Kier alpha value is -4.54. The Labute approximate surface area is 225 Å². The van der Waals surface area contributed by atoms with Crippen molar-refractivity contribution in [2.24, 2.45) is 5.90 Å². The molecule has 0 aliphatic carbocycles. The summed E-state index contributed by atoms with van der Waals surface area (Å²) in [6.45, 7) is 5.96. The van der Waals surface area contributed by atoms with E-state index >= 15 is 0 Å². The highest BCUT2D eigenvalue weighted by molar-refractivity contribution is 6.06. The summed E-state index contributed by atoms with van der Waals surface area (Å²) in [6, 6.07) is 11.1. The molecule has 2 heterocycles. The van der Waals surface area contributed by atoms with E-state index in [4.69, 9.17) is 20.0 Å². The molecule has 0 bridgehead atoms. The second kappa shape index (κ2) is 11.5. The highest BCUT2D eigenvalue weighted by Crippen LogP contribution is 2.41. The van der Waals surface area contributed by atoms with Gasteiger partial charge in [-0.1, -0.05) is 37.3 Å². The maximum absolute atomic E-state index is 13.1. The molecule has 1 unspecified atom stereocenters. The number of amides is 1. The number of rotatable bonds is 5. The number of anilines is 1. The van der Waals surface area contributed by atoms with Crippen LogP contribution in [0.15, 0.2) is 70.7 Å². The Bertz CT molecular complexity index is 1490. The van der Waals surface area contributed by atoms with Gasteiger partial charge in [-0.3, -0.25) is 4.79 Å². The van der Waals surface area contributed by atoms with Gasteiger partial charge in [0.2, 0.25) is 5.89 Å². The molecule has 4 N–H and O–H groups in total. The van der Waals surface area contributed by atoms with Gasteiger partial charge in [0.25, 0.3) is 5.91 Å². The third kappa shape index (κ3) is 5.52. The van der Waals surface area contributed by atoms with Gasteiger partial charge < -0.3 is 24.4 Å². The maximum Gasteiger partial charge on any atom is 0.356 e. The van der Waals surface area contributed by atoms with Crippen LogP contribution in [0.2, 0.25) is 0 Å². The van der Waals surface area contributed by atoms with Gasteiger partial charge in [-0.15, -0.1) is 0 Å². The van der Waals surface area contributed by atoms with Crippen LogP contribution in [-0.4, -0.2) is 41.2 Å². The zero-order chi connectivity index (χ0) is 28.2. The molecule has 2 aromatic carbocycles. The Balaban J connectivity index is 1.93. The minimum Gasteiger partial charge on any atom is -0.478 e. The summed E-state index contributed by atoms with van der Waals surface area (Å²) >= 11 is 0. The van der Waals surface area contributed by atoms with Crippen LogP contribution in [-0.2, 0) is 26.2 Å². The van der Waals surface area contributed by atoms with Crippen LogP contribution in [0.1, 0.15) is 58.5 Å². The van der Waals surface area contributed by atoms with Gasteiger partial charge in [-0.05, 0) is 49.7 Å². The number of nitrogens with one attached hydrogen (secondary N) is 1. The van der Waals surface area contributed by atoms with Crippen molar-refractivity contribution >= 4 is 23.5 Å². The van der Waals surface area contributed by atoms with Gasteiger partial charge in [0.05, 0.1) is 35.4 Å². The summed E-state index contributed by atoms with van der Waals surface area (Å²) in [6.07, 6.45) is 5.56. The number of carbonyl (C=O) groups excluding carboxylic acids is 2. The monoisotopic (exact) mass is 531 g/mol. The highest BCUT2D eigenvalue weighted by Gasteiger charge is 2.38. The fourth-order valence-electron chi connectivity index (χ4n) is 4.53. The third-order valence-electron chi connectivity index (χ3n) is 6.58. The Morgan fingerprint density at radius 3 is 2.72 bits per heavy atom. The minimum atomic E-state index is -1.06. The standard InChI is InChI=1S/C29H29N3O7/c1-4-17-10-7-13-37-16-29(3,21-12-11-20(28(36)39-30)15-22(21)31-25(17)33)24-23(5-2)38-26(32-24)18-8-6-9-19(14-18)27(34)35/h4,6-12,14-15H,5,13,16,30H2,1-3H3,(H,31,33)(H,34,35)/b10-7-,17-4+. The van der Waals surface area contributed by atoms with Crippen LogP contribution in [0.4, 0.5) is 5.69 Å². The van der Waals surface area contributed by atoms with Gasteiger partial charge in [0.1, 0.15) is 5.76 Å². The molecule has 3 aromatic rings. The van der Waals surface area contributed by atoms with Crippen LogP contribution >= 0.6 is 0 Å². The van der Waals surface area contributed by atoms with Crippen molar-refractivity contribution in [2.45, 2.75) is 32.6 Å². The van der Waals surface area contributed by atoms with E-state index in [1.165, 1.54) is 18.2 Å². The molecule has 10 nitrogen and oxygen atoms in total. The number of carbonyl (C=O) groups is 3. The van der Waals surface area contributed by atoms with Gasteiger partial charge in [-0.2, -0.15) is 5.90 Å². The number of benzene rings is 2. The molecule has 1 aliphatic rings. The molecule has 202 valence electrons. The van der Waals surface area contributed by atoms with Crippen molar-refractivity contribution in [2.75, 3.05) is 18.5 Å². The molecular formula is C29H29N3O7. The number of nitrogens with zero attached hydrogens (tertiary/aromatic N) is 1. The van der Waals surface area contributed by atoms with Crippen molar-refractivity contribution < 1.29 is 33.5 Å². The maximum atomic E-state index is 13.1. The molecule has 1 amide bonds. The number of aryl methyl sites for hydroxylation is 1. The molecule has 4 rings (SSSR count). The predicted molar refractivity (Wildman–Crippen MR) is 143 cm³/mol. The van der Waals surface area contributed by atoms with Gasteiger partial charge >= 0.3 is 11.9 Å². The lowest BCUT2D eigenvalue weighted by Gasteiger charge is -2.31. The first kappa shape index (κ1) is 27.5. The summed E-state index contributed by atoms with van der Waals surface area (Å²) in [4.78, 5) is 46.1. The largest absolute Gasteiger partial charge is 0.478 e. The summed E-state index contributed by atoms with van der Waals surface area (Å²) in [5.74, 6) is 3.73. The number of hydrogen-bond donors (Lipinski definition) is 3. The Morgan fingerprint density at radius 2 is 2.03 bits per heavy atom. The molecule has 10 heteroatoms. The average molecular weight is 532 g/mol. The van der Waals surface area contributed by atoms with E-state index in [0.29, 0.717) is 40.3 Å². The summed E-state index contributed by atoms with van der Waals surface area (Å²) in [5, 5.41) is 12.3. The number of fused-ring (bicyclic) bond motifs is 1. The lowest BCUT2D eigenvalue weighted by Crippen LogP contribution is -2.33. The van der Waals surface area contributed by atoms with E-state index < -0.39 is 17.4 Å². The average Bonchev–Trinajstić information content (AvgIpc) is 3.39. The predicted octanol–water partition coefficient (Wildman–Crippen LogP) is 4.41. The number of oxazole rings is 1. The SMILES string of the molecule is C/C=C1\C=C/COCC(C)(c2nc(-c3cccc(C(=O)O)c3)oc2CC)c2ccc(C(=O)ON)cc2NC1=O. The van der Waals surface area contributed by atoms with Crippen LogP contribution in [0.25, 0.3) is 11.5 Å². The first-order chi connectivity index (χ1) is 18.7. The molecule has 1 aromatic heterocycles. The molecule has 1 aliphatic heterocycles. The lowest BCUT2D eigenvalue weighted by atomic mass is 9.77. The molecule has 0 spiro atoms. The van der Waals surface area contributed by atoms with E-state index in [1.54, 1.807) is 49.4 Å². The molecular weight excluding hydrogens is 502 g/mol. The number of ether oxygens (including phenoxy) is 1. The number of aromatic nitrogens is 1. The number of carboxylic acid groups (broad SMARTS) is 1. The van der Waals surface area contributed by atoms with Crippen LogP contribution in [0.5, 0.6) is 0 Å². The normalized spacial score (nSPS) is 19.5. The summed E-state index contributed by atoms with van der Waals surface area (Å²) in [5.41, 5.74) is 1.74. The van der Waals surface area contributed by atoms with E-state index in [9.17, 15) is 19.5 Å². The number of nitrogens with two attached hydrogens (primary N) is 1. The van der Waals surface area contributed by atoms with Crippen LogP contribution in [0.3, 0.4) is 0 Å². The number of allylic oxidation sites excluding steroid dienone is 1. The van der Waals surface area contributed by atoms with Crippen molar-refractivity contribution in [1.82, 2.24) is 4.98 Å². The molecule has 39 heavy (non-hydrogen) atoms. The summed E-state index contributed by atoms with van der Waals surface area (Å²) < 4.78 is 12.2. The van der Waals surface area contributed by atoms with E-state index in [-0.39, 0.29) is 36.1 Å². The van der Waals surface area contributed by atoms with Crippen LogP contribution < -0.4 is 11.2 Å². The highest BCUT2D eigenvalue weighted by atomic mass is 16.7. The fourth-order valence-corrected chi connectivity index (χ4v) is 4.53. The first-order valence-corrected chi connectivity index (χ1v) is 12.3. The van der Waals surface area contributed by atoms with Crippen molar-refractivity contribution in [3.63, 3.8) is 0 Å². The second-order valence-electron chi connectivity index (χ2n) is 9.14. The Morgan fingerprint density at radius 1 is 1.23 bits per heavy atom. The quantitative estimate of drug-likeness (QED) is 0.321. The number of hydrogen-bond acceptors (Lipinski definition) is 8. The topological polar surface area (TPSA) is 154 Å². The zero-order valence-corrected chi connectivity index (χ0v) is 21.8. The first-order valence-electron chi connectivity index (χ1n) is 12.3. The minimum absolute atomic E-state index is 0.105. The van der Waals surface area contributed by atoms with E-state index in [0.717, 1.165) is 0 Å². The number of carboxylic acids is 1. The zero-order valence-electron chi connectivity index (χ0n) is 21.8. The lowest BCUT2D eigenvalue weighted by molar-refractivity contribution is -0.112. The molecule has 0 fully saturated rings. The fraction of sp³-hybridized carbons (Fsp3) is 0.241. The van der Waals surface area contributed by atoms with E-state index in [1.807, 2.05) is 13.8 Å². The molecule has 0 saturated heterocycles. The van der Waals surface area contributed by atoms with Crippen LogP contribution in [0, 0.1) is 0 Å². The summed E-state index contributed by atoms with van der Waals surface area (Å²) in [7, 11) is 0. The molecule has 0 radical (unpaired) electrons. The van der Waals surface area contributed by atoms with Gasteiger partial charge in [0.15, 0.2) is 0 Å². The van der Waals surface area contributed by atoms with Gasteiger partial charge in [0, 0.05) is 23.2 Å². The van der Waals surface area contributed by atoms with Crippen molar-refractivity contribution in [3.05, 3.63) is 94.4 Å². The van der Waals surface area contributed by atoms with E-state index in [2.05, 4.69) is 10.2 Å². The molecule has 0 saturated carbocycles. The van der Waals surface area contributed by atoms with Crippen molar-refractivity contribution in [1.29, 1.82) is 0 Å². The Kier molecular flexibility index (Phi) is 8.08.